The highest BCUT2D eigenvalue weighted by Crippen LogP contribution is 2.57. The predicted octanol–water partition coefficient (Wildman–Crippen LogP) is 3.76. The van der Waals surface area contributed by atoms with Crippen LogP contribution in [-0.2, 0) is 12.1 Å². The van der Waals surface area contributed by atoms with Crippen molar-refractivity contribution in [2.45, 2.75) is 58.0 Å². The number of fused-ring (bicyclic) bond motifs is 2. The molecule has 4 rings (SSSR count). The Hall–Kier alpha value is -1.35. The molecule has 2 fully saturated rings. The summed E-state index contributed by atoms with van der Waals surface area (Å²) < 4.78 is 2.47. The maximum Gasteiger partial charge on any atom is 0.113 e. The van der Waals surface area contributed by atoms with Gasteiger partial charge in [-0.2, -0.15) is 0 Å². The minimum absolute atomic E-state index is 0.0705. The predicted molar refractivity (Wildman–Crippen MR) is 86.2 cm³/mol. The number of benzene rings is 1. The zero-order valence-electron chi connectivity index (χ0n) is 13.3. The third-order valence-electron chi connectivity index (χ3n) is 5.26. The fourth-order valence-corrected chi connectivity index (χ4v) is 4.18. The van der Waals surface area contributed by atoms with E-state index in [1.165, 1.54) is 36.2 Å². The standard InChI is InChI=1S/C18H25N3/c1-18(2,3)21-16-5-4-11(10-19)6-15(16)20-17(21)14-8-12-7-13(12)9-14/h4-6,12-14H,7-10,19H2,1-3H3. The lowest BCUT2D eigenvalue weighted by atomic mass is 10.00. The average Bonchev–Trinajstić information content (AvgIpc) is 2.87. The molecule has 2 aromatic rings. The van der Waals surface area contributed by atoms with Crippen LogP contribution in [0, 0.1) is 11.8 Å². The molecule has 0 radical (unpaired) electrons. The Morgan fingerprint density at radius 2 is 1.90 bits per heavy atom. The van der Waals surface area contributed by atoms with Gasteiger partial charge >= 0.3 is 0 Å². The van der Waals surface area contributed by atoms with Crippen molar-refractivity contribution >= 4 is 11.0 Å². The lowest BCUT2D eigenvalue weighted by Crippen LogP contribution is -2.25. The Labute approximate surface area is 126 Å². The molecule has 1 aromatic carbocycles. The van der Waals surface area contributed by atoms with Crippen LogP contribution in [-0.4, -0.2) is 9.55 Å². The number of hydrogen-bond donors (Lipinski definition) is 1. The summed E-state index contributed by atoms with van der Waals surface area (Å²) in [5.74, 6) is 3.94. The van der Waals surface area contributed by atoms with Gasteiger partial charge in [0.2, 0.25) is 0 Å². The number of imidazole rings is 1. The van der Waals surface area contributed by atoms with Gasteiger partial charge in [-0.25, -0.2) is 4.98 Å². The van der Waals surface area contributed by atoms with Gasteiger partial charge < -0.3 is 10.3 Å². The van der Waals surface area contributed by atoms with Crippen LogP contribution in [0.4, 0.5) is 0 Å². The minimum Gasteiger partial charge on any atom is -0.326 e. The Balaban J connectivity index is 1.87. The van der Waals surface area contributed by atoms with Gasteiger partial charge in [0.1, 0.15) is 5.82 Å². The average molecular weight is 283 g/mol. The molecule has 2 unspecified atom stereocenters. The largest absolute Gasteiger partial charge is 0.326 e. The topological polar surface area (TPSA) is 43.8 Å². The fraction of sp³-hybridized carbons (Fsp3) is 0.611. The molecule has 21 heavy (non-hydrogen) atoms. The Morgan fingerprint density at radius 1 is 1.19 bits per heavy atom. The first-order chi connectivity index (χ1) is 9.97. The second-order valence-electron chi connectivity index (χ2n) is 7.93. The highest BCUT2D eigenvalue weighted by atomic mass is 15.1. The molecule has 2 N–H and O–H groups in total. The van der Waals surface area contributed by atoms with Crippen molar-refractivity contribution in [1.82, 2.24) is 9.55 Å². The summed E-state index contributed by atoms with van der Waals surface area (Å²) in [6.07, 6.45) is 4.14. The summed E-state index contributed by atoms with van der Waals surface area (Å²) in [6.45, 7) is 7.43. The number of hydrogen-bond acceptors (Lipinski definition) is 2. The van der Waals surface area contributed by atoms with Gasteiger partial charge in [0.25, 0.3) is 0 Å². The van der Waals surface area contributed by atoms with Crippen LogP contribution < -0.4 is 5.73 Å². The quantitative estimate of drug-likeness (QED) is 0.912. The lowest BCUT2D eigenvalue weighted by molar-refractivity contribution is 0.378. The van der Waals surface area contributed by atoms with Crippen molar-refractivity contribution in [3.05, 3.63) is 29.6 Å². The third kappa shape index (κ3) is 2.10. The number of nitrogens with two attached hydrogens (primary N) is 1. The van der Waals surface area contributed by atoms with E-state index in [2.05, 4.69) is 43.5 Å². The lowest BCUT2D eigenvalue weighted by Gasteiger charge is -2.27. The van der Waals surface area contributed by atoms with E-state index in [-0.39, 0.29) is 5.54 Å². The molecule has 0 bridgehead atoms. The number of nitrogens with zero attached hydrogens (tertiary/aromatic N) is 2. The van der Waals surface area contributed by atoms with Crippen molar-refractivity contribution in [3.63, 3.8) is 0 Å². The minimum atomic E-state index is 0.0705. The van der Waals surface area contributed by atoms with Gasteiger partial charge in [0, 0.05) is 18.0 Å². The molecule has 2 aliphatic rings. The molecule has 2 atom stereocenters. The molecule has 1 heterocycles. The molecule has 3 nitrogen and oxygen atoms in total. The summed E-state index contributed by atoms with van der Waals surface area (Å²) in [5, 5.41) is 0. The summed E-state index contributed by atoms with van der Waals surface area (Å²) in [5.41, 5.74) is 9.40. The van der Waals surface area contributed by atoms with E-state index < -0.39 is 0 Å². The van der Waals surface area contributed by atoms with E-state index in [1.807, 2.05) is 0 Å². The summed E-state index contributed by atoms with van der Waals surface area (Å²) in [6, 6.07) is 6.51. The monoisotopic (exact) mass is 283 g/mol. The Bertz CT molecular complexity index is 682. The van der Waals surface area contributed by atoms with Crippen LogP contribution in [0.2, 0.25) is 0 Å². The van der Waals surface area contributed by atoms with Crippen molar-refractivity contribution < 1.29 is 0 Å². The van der Waals surface area contributed by atoms with Crippen molar-refractivity contribution in [2.75, 3.05) is 0 Å². The van der Waals surface area contributed by atoms with Crippen molar-refractivity contribution in [3.8, 4) is 0 Å². The zero-order valence-corrected chi connectivity index (χ0v) is 13.3. The van der Waals surface area contributed by atoms with E-state index >= 15 is 0 Å². The molecule has 1 aromatic heterocycles. The summed E-state index contributed by atoms with van der Waals surface area (Å²) in [7, 11) is 0. The highest BCUT2D eigenvalue weighted by molar-refractivity contribution is 5.77. The second kappa shape index (κ2) is 4.33. The van der Waals surface area contributed by atoms with Crippen LogP contribution in [0.1, 0.15) is 57.3 Å². The molecule has 2 aliphatic carbocycles. The van der Waals surface area contributed by atoms with E-state index in [0.29, 0.717) is 12.5 Å². The second-order valence-corrected chi connectivity index (χ2v) is 7.93. The van der Waals surface area contributed by atoms with Crippen LogP contribution in [0.25, 0.3) is 11.0 Å². The van der Waals surface area contributed by atoms with Gasteiger partial charge in [-0.15, -0.1) is 0 Å². The van der Waals surface area contributed by atoms with Gasteiger partial charge in [-0.3, -0.25) is 0 Å². The van der Waals surface area contributed by atoms with Crippen molar-refractivity contribution in [1.29, 1.82) is 0 Å². The Kier molecular flexibility index (Phi) is 2.74. The van der Waals surface area contributed by atoms with Gasteiger partial charge in [0.05, 0.1) is 11.0 Å². The Morgan fingerprint density at radius 3 is 2.52 bits per heavy atom. The maximum absolute atomic E-state index is 5.78. The van der Waals surface area contributed by atoms with Crippen LogP contribution in [0.15, 0.2) is 18.2 Å². The molecule has 0 saturated heterocycles. The van der Waals surface area contributed by atoms with Gasteiger partial charge in [-0.1, -0.05) is 6.07 Å². The van der Waals surface area contributed by atoms with Crippen LogP contribution in [0.5, 0.6) is 0 Å². The summed E-state index contributed by atoms with van der Waals surface area (Å²) >= 11 is 0. The van der Waals surface area contributed by atoms with E-state index in [4.69, 9.17) is 10.7 Å². The third-order valence-corrected chi connectivity index (χ3v) is 5.26. The number of aromatic nitrogens is 2. The molecule has 0 aliphatic heterocycles. The molecule has 3 heteroatoms. The molecule has 2 saturated carbocycles. The van der Waals surface area contributed by atoms with E-state index in [1.54, 1.807) is 0 Å². The first-order valence-corrected chi connectivity index (χ1v) is 8.19. The molecule has 112 valence electrons. The zero-order chi connectivity index (χ0) is 14.8. The molecule has 0 spiro atoms. The first-order valence-electron chi connectivity index (χ1n) is 8.19. The van der Waals surface area contributed by atoms with E-state index in [9.17, 15) is 0 Å². The van der Waals surface area contributed by atoms with Crippen LogP contribution >= 0.6 is 0 Å². The van der Waals surface area contributed by atoms with E-state index in [0.717, 1.165) is 17.4 Å². The van der Waals surface area contributed by atoms with Gasteiger partial charge in [0.15, 0.2) is 0 Å². The van der Waals surface area contributed by atoms with Gasteiger partial charge in [-0.05, 0) is 69.6 Å². The maximum atomic E-state index is 5.78. The van der Waals surface area contributed by atoms with Crippen molar-refractivity contribution in [2.24, 2.45) is 17.6 Å². The molecular weight excluding hydrogens is 258 g/mol. The summed E-state index contributed by atoms with van der Waals surface area (Å²) in [4.78, 5) is 5.03. The SMILES string of the molecule is CC(C)(C)n1c(C2CC3CC3C2)nc2cc(CN)ccc21. The number of rotatable bonds is 2. The highest BCUT2D eigenvalue weighted by Gasteiger charge is 2.47. The van der Waals surface area contributed by atoms with Crippen LogP contribution in [0.3, 0.4) is 0 Å². The normalized spacial score (nSPS) is 28.1. The smallest absolute Gasteiger partial charge is 0.113 e. The fourth-order valence-electron chi connectivity index (χ4n) is 4.18. The molecule has 0 amide bonds. The molecular formula is C18H25N3. The first kappa shape index (κ1) is 13.3.